The fraction of sp³-hybridized carbons (Fsp3) is 0.438. The minimum absolute atomic E-state index is 0.0119. The summed E-state index contributed by atoms with van der Waals surface area (Å²) in [6.07, 6.45) is 3.84. The zero-order chi connectivity index (χ0) is 14.4. The molecule has 1 heterocycles. The number of para-hydroxylation sites is 1. The van der Waals surface area contributed by atoms with Gasteiger partial charge in [-0.1, -0.05) is 31.0 Å². The molecule has 1 aromatic heterocycles. The van der Waals surface area contributed by atoms with Crippen molar-refractivity contribution in [1.29, 1.82) is 0 Å². The van der Waals surface area contributed by atoms with Crippen molar-refractivity contribution in [2.75, 3.05) is 13.2 Å². The van der Waals surface area contributed by atoms with Gasteiger partial charge in [0.1, 0.15) is 0 Å². The number of unbranched alkanes of at least 4 members (excludes halogenated alkanes) is 3. The molecule has 108 valence electrons. The van der Waals surface area contributed by atoms with E-state index in [2.05, 4.69) is 10.3 Å². The first-order chi connectivity index (χ1) is 9.74. The standard InChI is InChI=1S/C16H22N2O2/c1-12-15(13-8-4-5-9-14(13)18-12)16(20)17-10-6-2-3-7-11-19/h4-5,8-9,18-19H,2-3,6-7,10-11H2,1H3,(H,17,20). The molecule has 4 nitrogen and oxygen atoms in total. The Kier molecular flexibility index (Phi) is 5.18. The third-order valence-electron chi connectivity index (χ3n) is 3.49. The molecule has 20 heavy (non-hydrogen) atoms. The Morgan fingerprint density at radius 3 is 2.75 bits per heavy atom. The number of aromatic amines is 1. The molecule has 2 aromatic rings. The van der Waals surface area contributed by atoms with Gasteiger partial charge in [0.2, 0.25) is 0 Å². The summed E-state index contributed by atoms with van der Waals surface area (Å²) in [4.78, 5) is 15.5. The van der Waals surface area contributed by atoms with E-state index in [1.54, 1.807) is 0 Å². The van der Waals surface area contributed by atoms with Crippen molar-refractivity contribution in [1.82, 2.24) is 10.3 Å². The van der Waals surface area contributed by atoms with Crippen LogP contribution in [-0.4, -0.2) is 29.1 Å². The van der Waals surface area contributed by atoms with Gasteiger partial charge in [-0.05, 0) is 25.8 Å². The Morgan fingerprint density at radius 1 is 1.20 bits per heavy atom. The van der Waals surface area contributed by atoms with E-state index in [1.807, 2.05) is 31.2 Å². The second-order valence-corrected chi connectivity index (χ2v) is 5.06. The molecule has 2 rings (SSSR count). The first-order valence-electron chi connectivity index (χ1n) is 7.20. The summed E-state index contributed by atoms with van der Waals surface area (Å²) in [7, 11) is 0. The molecular formula is C16H22N2O2. The zero-order valence-corrected chi connectivity index (χ0v) is 11.9. The number of carbonyl (C=O) groups excluding carboxylic acids is 1. The molecule has 0 aliphatic heterocycles. The van der Waals surface area contributed by atoms with Crippen LogP contribution in [0.5, 0.6) is 0 Å². The summed E-state index contributed by atoms with van der Waals surface area (Å²) in [5.74, 6) is -0.0119. The molecule has 0 saturated heterocycles. The maximum Gasteiger partial charge on any atom is 0.253 e. The molecule has 0 radical (unpaired) electrons. The smallest absolute Gasteiger partial charge is 0.253 e. The number of benzene rings is 1. The van der Waals surface area contributed by atoms with Crippen LogP contribution in [0.4, 0.5) is 0 Å². The number of carbonyl (C=O) groups is 1. The molecule has 0 spiro atoms. The molecule has 0 atom stereocenters. The summed E-state index contributed by atoms with van der Waals surface area (Å²) in [5, 5.41) is 12.6. The van der Waals surface area contributed by atoms with Crippen molar-refractivity contribution in [3.05, 3.63) is 35.5 Å². The van der Waals surface area contributed by atoms with Crippen molar-refractivity contribution in [2.45, 2.75) is 32.6 Å². The van der Waals surface area contributed by atoms with E-state index in [1.165, 1.54) is 0 Å². The summed E-state index contributed by atoms with van der Waals surface area (Å²) < 4.78 is 0. The highest BCUT2D eigenvalue weighted by Gasteiger charge is 2.14. The van der Waals surface area contributed by atoms with Crippen LogP contribution in [0.2, 0.25) is 0 Å². The van der Waals surface area contributed by atoms with Crippen molar-refractivity contribution in [2.24, 2.45) is 0 Å². The van der Waals surface area contributed by atoms with Crippen LogP contribution >= 0.6 is 0 Å². The van der Waals surface area contributed by atoms with E-state index in [0.717, 1.165) is 47.8 Å². The second kappa shape index (κ2) is 7.10. The fourth-order valence-corrected chi connectivity index (χ4v) is 2.45. The molecule has 0 aliphatic rings. The summed E-state index contributed by atoms with van der Waals surface area (Å²) in [6, 6.07) is 7.85. The number of nitrogens with one attached hydrogen (secondary N) is 2. The number of hydrogen-bond donors (Lipinski definition) is 3. The zero-order valence-electron chi connectivity index (χ0n) is 11.9. The minimum Gasteiger partial charge on any atom is -0.396 e. The average molecular weight is 274 g/mol. The molecule has 4 heteroatoms. The topological polar surface area (TPSA) is 65.1 Å². The van der Waals surface area contributed by atoms with Crippen LogP contribution in [0, 0.1) is 6.92 Å². The number of amides is 1. The molecule has 1 aromatic carbocycles. The van der Waals surface area contributed by atoms with Crippen LogP contribution in [0.3, 0.4) is 0 Å². The lowest BCUT2D eigenvalue weighted by Gasteiger charge is -2.05. The maximum atomic E-state index is 12.3. The molecule has 0 fully saturated rings. The van der Waals surface area contributed by atoms with Crippen molar-refractivity contribution in [3.8, 4) is 0 Å². The SMILES string of the molecule is Cc1[nH]c2ccccc2c1C(=O)NCCCCCCO. The van der Waals surface area contributed by atoms with Gasteiger partial charge in [-0.15, -0.1) is 0 Å². The number of hydrogen-bond acceptors (Lipinski definition) is 2. The van der Waals surface area contributed by atoms with Crippen molar-refractivity contribution >= 4 is 16.8 Å². The van der Waals surface area contributed by atoms with Gasteiger partial charge in [0.05, 0.1) is 5.56 Å². The van der Waals surface area contributed by atoms with E-state index in [9.17, 15) is 4.79 Å². The van der Waals surface area contributed by atoms with Crippen LogP contribution in [0.15, 0.2) is 24.3 Å². The van der Waals surface area contributed by atoms with Crippen LogP contribution in [0.25, 0.3) is 10.9 Å². The fourth-order valence-electron chi connectivity index (χ4n) is 2.45. The van der Waals surface area contributed by atoms with E-state index >= 15 is 0 Å². The second-order valence-electron chi connectivity index (χ2n) is 5.06. The predicted molar refractivity (Wildman–Crippen MR) is 80.9 cm³/mol. The van der Waals surface area contributed by atoms with E-state index in [-0.39, 0.29) is 12.5 Å². The molecule has 0 unspecified atom stereocenters. The number of aryl methyl sites for hydroxylation is 1. The largest absolute Gasteiger partial charge is 0.396 e. The van der Waals surface area contributed by atoms with E-state index in [4.69, 9.17) is 5.11 Å². The number of fused-ring (bicyclic) bond motifs is 1. The number of aliphatic hydroxyl groups excluding tert-OH is 1. The van der Waals surface area contributed by atoms with Gasteiger partial charge in [0.15, 0.2) is 0 Å². The first-order valence-corrected chi connectivity index (χ1v) is 7.20. The summed E-state index contributed by atoms with van der Waals surface area (Å²) >= 11 is 0. The Hall–Kier alpha value is -1.81. The Morgan fingerprint density at radius 2 is 1.95 bits per heavy atom. The summed E-state index contributed by atoms with van der Waals surface area (Å²) in [5.41, 5.74) is 2.65. The van der Waals surface area contributed by atoms with Gasteiger partial charge >= 0.3 is 0 Å². The molecule has 0 bridgehead atoms. The average Bonchev–Trinajstić information content (AvgIpc) is 2.78. The highest BCUT2D eigenvalue weighted by molar-refractivity contribution is 6.08. The van der Waals surface area contributed by atoms with Crippen LogP contribution in [0.1, 0.15) is 41.7 Å². The van der Waals surface area contributed by atoms with Gasteiger partial charge in [-0.2, -0.15) is 0 Å². The monoisotopic (exact) mass is 274 g/mol. The van der Waals surface area contributed by atoms with Crippen LogP contribution < -0.4 is 5.32 Å². The maximum absolute atomic E-state index is 12.3. The van der Waals surface area contributed by atoms with Gasteiger partial charge in [0.25, 0.3) is 5.91 Å². The number of H-pyrrole nitrogens is 1. The Balaban J connectivity index is 1.93. The van der Waals surface area contributed by atoms with Gasteiger partial charge < -0.3 is 15.4 Å². The Labute approximate surface area is 119 Å². The van der Waals surface area contributed by atoms with Gasteiger partial charge in [-0.3, -0.25) is 4.79 Å². The number of aromatic nitrogens is 1. The van der Waals surface area contributed by atoms with Gasteiger partial charge in [-0.25, -0.2) is 0 Å². The van der Waals surface area contributed by atoms with Crippen molar-refractivity contribution < 1.29 is 9.90 Å². The molecule has 3 N–H and O–H groups in total. The molecular weight excluding hydrogens is 252 g/mol. The first kappa shape index (κ1) is 14.6. The molecule has 0 saturated carbocycles. The predicted octanol–water partition coefficient (Wildman–Crippen LogP) is 2.76. The highest BCUT2D eigenvalue weighted by atomic mass is 16.2. The van der Waals surface area contributed by atoms with E-state index < -0.39 is 0 Å². The quantitative estimate of drug-likeness (QED) is 0.680. The van der Waals surface area contributed by atoms with E-state index in [0.29, 0.717) is 6.54 Å². The lowest BCUT2D eigenvalue weighted by Crippen LogP contribution is -2.24. The normalized spacial score (nSPS) is 10.9. The Bertz CT molecular complexity index is 575. The lowest BCUT2D eigenvalue weighted by atomic mass is 10.1. The minimum atomic E-state index is -0.0119. The van der Waals surface area contributed by atoms with Gasteiger partial charge in [0, 0.05) is 29.7 Å². The van der Waals surface area contributed by atoms with Crippen LogP contribution in [-0.2, 0) is 0 Å². The number of aliphatic hydroxyl groups is 1. The third kappa shape index (κ3) is 3.39. The van der Waals surface area contributed by atoms with Crippen molar-refractivity contribution in [3.63, 3.8) is 0 Å². The summed E-state index contributed by atoms with van der Waals surface area (Å²) in [6.45, 7) is 2.86. The third-order valence-corrected chi connectivity index (χ3v) is 3.49. The molecule has 0 aliphatic carbocycles. The highest BCUT2D eigenvalue weighted by Crippen LogP contribution is 2.21. The number of rotatable bonds is 7. The lowest BCUT2D eigenvalue weighted by molar-refractivity contribution is 0.0954. The molecule has 1 amide bonds.